The Kier molecular flexibility index (Phi) is 10.8. The van der Waals surface area contributed by atoms with Crippen molar-refractivity contribution in [1.29, 1.82) is 0 Å². The Morgan fingerprint density at radius 2 is 1.80 bits per heavy atom. The van der Waals surface area contributed by atoms with Crippen LogP contribution in [0.1, 0.15) is 51.8 Å². The molecule has 0 spiro atoms. The van der Waals surface area contributed by atoms with Crippen molar-refractivity contribution in [2.45, 2.75) is 63.1 Å². The minimum absolute atomic E-state index is 0. The first-order chi connectivity index (χ1) is 16.1. The van der Waals surface area contributed by atoms with Crippen molar-refractivity contribution < 1.29 is 32.2 Å². The largest absolute Gasteiger partial charge is 0.493 e. The van der Waals surface area contributed by atoms with E-state index in [0.717, 1.165) is 25.9 Å². The summed E-state index contributed by atoms with van der Waals surface area (Å²) < 4.78 is 52.0. The second-order valence-electron chi connectivity index (χ2n) is 8.34. The Labute approximate surface area is 205 Å². The molecule has 1 saturated carbocycles. The molecule has 1 aliphatic heterocycles. The van der Waals surface area contributed by atoms with E-state index in [-0.39, 0.29) is 12.8 Å². The van der Waals surface area contributed by atoms with Gasteiger partial charge in [0.25, 0.3) is 5.56 Å². The molecule has 4 rings (SSSR count). The fourth-order valence-corrected chi connectivity index (χ4v) is 5.05. The van der Waals surface area contributed by atoms with E-state index < -0.39 is 23.5 Å². The van der Waals surface area contributed by atoms with Gasteiger partial charge in [0, 0.05) is 17.4 Å². The first-order valence-corrected chi connectivity index (χ1v) is 12.2. The number of thioether (sulfide) groups is 1. The molecule has 0 atom stereocenters. The molecule has 0 unspecified atom stereocenters. The van der Waals surface area contributed by atoms with Gasteiger partial charge in [-0.2, -0.15) is 24.9 Å². The summed E-state index contributed by atoms with van der Waals surface area (Å²) >= 11 is 1.81. The number of carbonyl (C=O) groups is 1. The van der Waals surface area contributed by atoms with Crippen molar-refractivity contribution in [2.75, 3.05) is 19.7 Å². The van der Waals surface area contributed by atoms with Crippen LogP contribution in [0, 0.1) is 11.7 Å². The summed E-state index contributed by atoms with van der Waals surface area (Å²) in [6.07, 6.45) is 1.99. The number of nitrogens with zero attached hydrogens (tertiary/aromatic N) is 1. The number of carboxylic acid groups (broad SMARTS) is 1. The minimum atomic E-state index is -5.08. The van der Waals surface area contributed by atoms with Crippen LogP contribution in [-0.4, -0.2) is 52.2 Å². The normalized spacial score (nSPS) is 16.9. The predicted octanol–water partition coefficient (Wildman–Crippen LogP) is 4.89. The standard InChI is InChI=1S/C20H26FN3O2S.C2HF3O2.CH4/c21-16-9-14(26-11-13-3-1-2-4-13)10-17-19(16)20(25)24-18(23-17)12-27-15-5-7-22-8-6-15;3-2(4,5)1(6)7;/h9-10,13,15,22H,1-8,11-12H2,(H,23,24,25);(H,6,7);1H4. The SMILES string of the molecule is C.O=C(O)C(F)(F)F.O=c1[nH]c(CSC2CCNCC2)nc2cc(OCC3CCCC3)cc(F)c12. The van der Waals surface area contributed by atoms with Crippen LogP contribution >= 0.6 is 11.8 Å². The number of benzene rings is 1. The number of halogens is 4. The summed E-state index contributed by atoms with van der Waals surface area (Å²) in [7, 11) is 0. The molecular formula is C23H31F4N3O4S. The van der Waals surface area contributed by atoms with E-state index in [2.05, 4.69) is 15.3 Å². The molecule has 196 valence electrons. The number of aromatic nitrogens is 2. The number of H-pyrrole nitrogens is 1. The summed E-state index contributed by atoms with van der Waals surface area (Å²) in [5.74, 6) is -1.09. The number of hydrogen-bond donors (Lipinski definition) is 3. The highest BCUT2D eigenvalue weighted by Crippen LogP contribution is 2.28. The molecule has 3 N–H and O–H groups in total. The van der Waals surface area contributed by atoms with Gasteiger partial charge in [-0.1, -0.05) is 20.3 Å². The maximum Gasteiger partial charge on any atom is 0.490 e. The zero-order valence-corrected chi connectivity index (χ0v) is 19.2. The molecule has 2 aromatic rings. The number of rotatable bonds is 6. The maximum atomic E-state index is 14.5. The van der Waals surface area contributed by atoms with E-state index in [0.29, 0.717) is 40.6 Å². The summed E-state index contributed by atoms with van der Waals surface area (Å²) in [5.41, 5.74) is -0.0400. The highest BCUT2D eigenvalue weighted by atomic mass is 32.2. The Morgan fingerprint density at radius 3 is 2.40 bits per heavy atom. The number of aromatic amines is 1. The number of alkyl halides is 3. The molecule has 1 aromatic carbocycles. The van der Waals surface area contributed by atoms with Crippen molar-refractivity contribution in [3.05, 3.63) is 34.1 Å². The molecule has 1 saturated heterocycles. The molecule has 2 fully saturated rings. The van der Waals surface area contributed by atoms with E-state index >= 15 is 0 Å². The number of aliphatic carboxylic acids is 1. The van der Waals surface area contributed by atoms with Crippen molar-refractivity contribution in [3.63, 3.8) is 0 Å². The lowest BCUT2D eigenvalue weighted by molar-refractivity contribution is -0.192. The van der Waals surface area contributed by atoms with Crippen LogP contribution in [0.25, 0.3) is 10.9 Å². The maximum absolute atomic E-state index is 14.5. The number of hydrogen-bond acceptors (Lipinski definition) is 6. The summed E-state index contributed by atoms with van der Waals surface area (Å²) in [4.78, 5) is 28.5. The molecule has 0 radical (unpaired) electrons. The zero-order valence-electron chi connectivity index (χ0n) is 18.4. The molecule has 7 nitrogen and oxygen atoms in total. The molecule has 1 aromatic heterocycles. The second kappa shape index (κ2) is 13.1. The number of nitrogens with one attached hydrogen (secondary N) is 2. The summed E-state index contributed by atoms with van der Waals surface area (Å²) in [6, 6.07) is 3.00. The lowest BCUT2D eigenvalue weighted by Crippen LogP contribution is -2.29. The zero-order chi connectivity index (χ0) is 24.7. The average Bonchev–Trinajstić information content (AvgIpc) is 3.30. The summed E-state index contributed by atoms with van der Waals surface area (Å²) in [5, 5.41) is 11.1. The molecular weight excluding hydrogens is 490 g/mol. The average molecular weight is 522 g/mol. The van der Waals surface area contributed by atoms with Gasteiger partial charge in [0.1, 0.15) is 22.8 Å². The van der Waals surface area contributed by atoms with E-state index in [9.17, 15) is 22.4 Å². The van der Waals surface area contributed by atoms with Crippen molar-refractivity contribution >= 4 is 28.6 Å². The van der Waals surface area contributed by atoms with Crippen LogP contribution in [0.4, 0.5) is 17.6 Å². The van der Waals surface area contributed by atoms with Crippen LogP contribution in [0.15, 0.2) is 16.9 Å². The van der Waals surface area contributed by atoms with Gasteiger partial charge in [-0.25, -0.2) is 14.2 Å². The summed E-state index contributed by atoms with van der Waals surface area (Å²) in [6.45, 7) is 2.67. The number of carboxylic acids is 1. The molecule has 2 heterocycles. The highest BCUT2D eigenvalue weighted by molar-refractivity contribution is 7.99. The highest BCUT2D eigenvalue weighted by Gasteiger charge is 2.38. The van der Waals surface area contributed by atoms with Crippen LogP contribution in [-0.2, 0) is 10.5 Å². The lowest BCUT2D eigenvalue weighted by atomic mass is 10.1. The minimum Gasteiger partial charge on any atom is -0.493 e. The lowest BCUT2D eigenvalue weighted by Gasteiger charge is -2.21. The Balaban J connectivity index is 0.000000476. The van der Waals surface area contributed by atoms with Crippen molar-refractivity contribution in [3.8, 4) is 5.75 Å². The van der Waals surface area contributed by atoms with Crippen LogP contribution in [0.5, 0.6) is 5.75 Å². The van der Waals surface area contributed by atoms with E-state index in [4.69, 9.17) is 14.6 Å². The number of piperidine rings is 1. The van der Waals surface area contributed by atoms with Crippen LogP contribution < -0.4 is 15.6 Å². The van der Waals surface area contributed by atoms with Gasteiger partial charge >= 0.3 is 12.1 Å². The Hall–Kier alpha value is -2.34. The third kappa shape index (κ3) is 8.68. The fraction of sp³-hybridized carbons (Fsp3) is 0.609. The van der Waals surface area contributed by atoms with Gasteiger partial charge in [0.05, 0.1) is 17.9 Å². The van der Waals surface area contributed by atoms with Gasteiger partial charge in [0.2, 0.25) is 0 Å². The van der Waals surface area contributed by atoms with Crippen LogP contribution in [0.2, 0.25) is 0 Å². The topological polar surface area (TPSA) is 104 Å². The first kappa shape index (κ1) is 28.9. The fourth-order valence-electron chi connectivity index (χ4n) is 3.95. The van der Waals surface area contributed by atoms with E-state index in [1.165, 1.54) is 31.7 Å². The molecule has 0 amide bonds. The predicted molar refractivity (Wildman–Crippen MR) is 127 cm³/mol. The van der Waals surface area contributed by atoms with Gasteiger partial charge in [0.15, 0.2) is 0 Å². The van der Waals surface area contributed by atoms with Gasteiger partial charge in [-0.15, -0.1) is 0 Å². The molecule has 1 aliphatic carbocycles. The third-order valence-electron chi connectivity index (χ3n) is 5.73. The Morgan fingerprint density at radius 1 is 1.17 bits per heavy atom. The van der Waals surface area contributed by atoms with Crippen molar-refractivity contribution in [2.24, 2.45) is 5.92 Å². The second-order valence-corrected chi connectivity index (χ2v) is 9.63. The molecule has 12 heteroatoms. The van der Waals surface area contributed by atoms with E-state index in [1.54, 1.807) is 17.8 Å². The van der Waals surface area contributed by atoms with Gasteiger partial charge in [-0.3, -0.25) is 4.79 Å². The van der Waals surface area contributed by atoms with Gasteiger partial charge in [-0.05, 0) is 44.7 Å². The number of ether oxygens (including phenoxy) is 1. The molecule has 35 heavy (non-hydrogen) atoms. The molecule has 0 bridgehead atoms. The van der Waals surface area contributed by atoms with Crippen molar-refractivity contribution in [1.82, 2.24) is 15.3 Å². The van der Waals surface area contributed by atoms with E-state index in [1.807, 2.05) is 0 Å². The smallest absolute Gasteiger partial charge is 0.490 e. The first-order valence-electron chi connectivity index (χ1n) is 11.1. The van der Waals surface area contributed by atoms with Crippen LogP contribution in [0.3, 0.4) is 0 Å². The third-order valence-corrected chi connectivity index (χ3v) is 7.11. The monoisotopic (exact) mass is 521 g/mol. The Bertz CT molecular complexity index is 1040. The van der Waals surface area contributed by atoms with Gasteiger partial charge < -0.3 is 20.1 Å². The number of fused-ring (bicyclic) bond motifs is 1. The molecule has 2 aliphatic rings. The quantitative estimate of drug-likeness (QED) is 0.465.